The van der Waals surface area contributed by atoms with Crippen molar-refractivity contribution in [3.05, 3.63) is 24.0 Å². The van der Waals surface area contributed by atoms with E-state index in [-0.39, 0.29) is 11.3 Å². The molecule has 1 aliphatic rings. The Morgan fingerprint density at radius 2 is 1.93 bits per heavy atom. The van der Waals surface area contributed by atoms with E-state index in [4.69, 9.17) is 4.98 Å². The summed E-state index contributed by atoms with van der Waals surface area (Å²) < 4.78 is 2.44. The van der Waals surface area contributed by atoms with E-state index in [1.807, 2.05) is 16.7 Å². The Bertz CT molecular complexity index is 811. The Labute approximate surface area is 167 Å². The molecule has 4 nitrogen and oxygen atoms in total. The van der Waals surface area contributed by atoms with E-state index < -0.39 is 0 Å². The van der Waals surface area contributed by atoms with Gasteiger partial charge in [0.25, 0.3) is 0 Å². The van der Waals surface area contributed by atoms with Crippen LogP contribution >= 0.6 is 11.8 Å². The molecule has 0 atom stereocenters. The molecular weight excluding hydrogens is 354 g/mol. The summed E-state index contributed by atoms with van der Waals surface area (Å²) in [6.07, 6.45) is 2.15. The van der Waals surface area contributed by atoms with Gasteiger partial charge in [-0.25, -0.2) is 4.98 Å². The third-order valence-corrected chi connectivity index (χ3v) is 6.26. The number of likely N-dealkylation sites (tertiary alicyclic amines) is 1. The first-order chi connectivity index (χ1) is 12.6. The zero-order valence-electron chi connectivity index (χ0n) is 17.6. The first kappa shape index (κ1) is 20.2. The molecule has 27 heavy (non-hydrogen) atoms. The first-order valence-corrected chi connectivity index (χ1v) is 11.0. The Hall–Kier alpha value is -1.49. The first-order valence-electron chi connectivity index (χ1n) is 10.1. The summed E-state index contributed by atoms with van der Waals surface area (Å²) in [7, 11) is 0. The number of piperidine rings is 1. The van der Waals surface area contributed by atoms with Gasteiger partial charge < -0.3 is 9.47 Å². The van der Waals surface area contributed by atoms with Crippen molar-refractivity contribution in [3.8, 4) is 0 Å². The number of hydrogen-bond donors (Lipinski definition) is 0. The molecule has 1 aromatic heterocycles. The smallest absolute Gasteiger partial charge is 0.219 e. The van der Waals surface area contributed by atoms with Crippen LogP contribution in [0.4, 0.5) is 0 Å². The molecule has 0 N–H and O–H groups in total. The van der Waals surface area contributed by atoms with Crippen LogP contribution in [0.1, 0.15) is 60.2 Å². The van der Waals surface area contributed by atoms with E-state index in [9.17, 15) is 4.79 Å². The van der Waals surface area contributed by atoms with Gasteiger partial charge in [0.15, 0.2) is 0 Å². The maximum atomic E-state index is 11.6. The van der Waals surface area contributed by atoms with Crippen molar-refractivity contribution in [2.45, 2.75) is 76.5 Å². The Kier molecular flexibility index (Phi) is 5.90. The van der Waals surface area contributed by atoms with Gasteiger partial charge >= 0.3 is 0 Å². The summed E-state index contributed by atoms with van der Waals surface area (Å²) >= 11 is 1.89. The molecule has 5 heteroatoms. The maximum absolute atomic E-state index is 11.6. The number of amides is 1. The second kappa shape index (κ2) is 7.86. The van der Waals surface area contributed by atoms with E-state index in [1.54, 1.807) is 6.92 Å². The van der Waals surface area contributed by atoms with Crippen molar-refractivity contribution in [3.63, 3.8) is 0 Å². The third kappa shape index (κ3) is 4.68. The molecule has 1 saturated heterocycles. The molecule has 0 unspecified atom stereocenters. The number of imidazole rings is 1. The molecule has 0 bridgehead atoms. The topological polar surface area (TPSA) is 38.1 Å². The molecule has 1 amide bonds. The number of benzene rings is 1. The van der Waals surface area contributed by atoms with Gasteiger partial charge in [-0.3, -0.25) is 4.79 Å². The number of carbonyl (C=O) groups excluding carboxylic acids is 1. The number of nitrogens with zero attached hydrogens (tertiary/aromatic N) is 3. The van der Waals surface area contributed by atoms with Gasteiger partial charge in [0, 0.05) is 42.1 Å². The molecule has 0 aliphatic carbocycles. The molecular formula is C22H33N3OS. The van der Waals surface area contributed by atoms with Gasteiger partial charge in [0.2, 0.25) is 5.91 Å². The highest BCUT2D eigenvalue weighted by Gasteiger charge is 2.27. The normalized spacial score (nSPS) is 16.5. The van der Waals surface area contributed by atoms with Crippen LogP contribution in [0.3, 0.4) is 0 Å². The van der Waals surface area contributed by atoms with Crippen molar-refractivity contribution in [1.82, 2.24) is 14.5 Å². The Morgan fingerprint density at radius 1 is 1.26 bits per heavy atom. The van der Waals surface area contributed by atoms with Crippen LogP contribution in [-0.2, 0) is 16.8 Å². The number of thioether (sulfide) groups is 1. The molecule has 1 aromatic carbocycles. The van der Waals surface area contributed by atoms with Gasteiger partial charge in [-0.1, -0.05) is 34.6 Å². The zero-order chi connectivity index (χ0) is 19.8. The quantitative estimate of drug-likeness (QED) is 0.686. The standard InChI is InChI=1S/C22H33N3OS/c1-15(2)27-18-7-8-20-19(13-18)23-21(22(4,5)6)25(20)14-17-9-11-24(12-10-17)16(3)26/h7-8,13,15,17H,9-12,14H2,1-6H3. The largest absolute Gasteiger partial charge is 0.343 e. The summed E-state index contributed by atoms with van der Waals surface area (Å²) in [5.41, 5.74) is 2.35. The third-order valence-electron chi connectivity index (χ3n) is 5.26. The van der Waals surface area contributed by atoms with E-state index in [0.29, 0.717) is 11.2 Å². The minimum absolute atomic E-state index is 0.00443. The van der Waals surface area contributed by atoms with Crippen LogP contribution in [0.2, 0.25) is 0 Å². The Balaban J connectivity index is 1.89. The van der Waals surface area contributed by atoms with E-state index >= 15 is 0 Å². The fraction of sp³-hybridized carbons (Fsp3) is 0.636. The average molecular weight is 388 g/mol. The molecule has 0 saturated carbocycles. The highest BCUT2D eigenvalue weighted by Crippen LogP contribution is 2.32. The van der Waals surface area contributed by atoms with Crippen molar-refractivity contribution in [1.29, 1.82) is 0 Å². The highest BCUT2D eigenvalue weighted by atomic mass is 32.2. The van der Waals surface area contributed by atoms with Crippen LogP contribution < -0.4 is 0 Å². The van der Waals surface area contributed by atoms with E-state index in [1.165, 1.54) is 10.4 Å². The summed E-state index contributed by atoms with van der Waals surface area (Å²) in [4.78, 5) is 19.9. The molecule has 148 valence electrons. The number of carbonyl (C=O) groups is 1. The second-order valence-corrected chi connectivity index (χ2v) is 10.7. The van der Waals surface area contributed by atoms with Crippen LogP contribution in [0, 0.1) is 5.92 Å². The van der Waals surface area contributed by atoms with Crippen LogP contribution in [0.25, 0.3) is 11.0 Å². The van der Waals surface area contributed by atoms with Crippen LogP contribution in [-0.4, -0.2) is 38.7 Å². The molecule has 2 aromatic rings. The lowest BCUT2D eigenvalue weighted by Crippen LogP contribution is -2.38. The number of hydrogen-bond acceptors (Lipinski definition) is 3. The summed E-state index contributed by atoms with van der Waals surface area (Å²) in [5.74, 6) is 1.97. The average Bonchev–Trinajstić information content (AvgIpc) is 2.93. The fourth-order valence-corrected chi connectivity index (χ4v) is 4.77. The highest BCUT2D eigenvalue weighted by molar-refractivity contribution is 7.99. The van der Waals surface area contributed by atoms with Crippen LogP contribution in [0.5, 0.6) is 0 Å². The van der Waals surface area contributed by atoms with E-state index in [0.717, 1.165) is 43.8 Å². The molecule has 2 heterocycles. The second-order valence-electron chi connectivity index (χ2n) is 9.06. The summed E-state index contributed by atoms with van der Waals surface area (Å²) in [6, 6.07) is 6.72. The minimum atomic E-state index is 0.00443. The van der Waals surface area contributed by atoms with Crippen molar-refractivity contribution in [2.24, 2.45) is 5.92 Å². The molecule has 1 fully saturated rings. The van der Waals surface area contributed by atoms with Gasteiger partial charge in [-0.2, -0.15) is 0 Å². The Morgan fingerprint density at radius 3 is 2.48 bits per heavy atom. The maximum Gasteiger partial charge on any atom is 0.219 e. The van der Waals surface area contributed by atoms with Gasteiger partial charge in [0.05, 0.1) is 11.0 Å². The van der Waals surface area contributed by atoms with E-state index in [2.05, 4.69) is 57.4 Å². The summed E-state index contributed by atoms with van der Waals surface area (Å²) in [5, 5.41) is 0.568. The zero-order valence-corrected chi connectivity index (χ0v) is 18.4. The predicted octanol–water partition coefficient (Wildman–Crippen LogP) is 5.09. The predicted molar refractivity (Wildman–Crippen MR) is 114 cm³/mol. The van der Waals surface area contributed by atoms with Gasteiger partial charge in [-0.05, 0) is 37.0 Å². The minimum Gasteiger partial charge on any atom is -0.343 e. The van der Waals surface area contributed by atoms with Crippen molar-refractivity contribution in [2.75, 3.05) is 13.1 Å². The SMILES string of the molecule is CC(=O)N1CCC(Cn2c(C(C)(C)C)nc3cc(SC(C)C)ccc32)CC1. The lowest BCUT2D eigenvalue weighted by molar-refractivity contribution is -0.130. The molecule has 0 spiro atoms. The number of aromatic nitrogens is 2. The van der Waals surface area contributed by atoms with Crippen molar-refractivity contribution < 1.29 is 4.79 Å². The molecule has 3 rings (SSSR count). The van der Waals surface area contributed by atoms with Crippen LogP contribution in [0.15, 0.2) is 23.1 Å². The van der Waals surface area contributed by atoms with Gasteiger partial charge in [-0.15, -0.1) is 11.8 Å². The lowest BCUT2D eigenvalue weighted by Gasteiger charge is -2.32. The summed E-state index contributed by atoms with van der Waals surface area (Å²) in [6.45, 7) is 15.6. The number of rotatable bonds is 4. The molecule has 1 aliphatic heterocycles. The van der Waals surface area contributed by atoms with Gasteiger partial charge in [0.1, 0.15) is 5.82 Å². The number of fused-ring (bicyclic) bond motifs is 1. The monoisotopic (exact) mass is 387 g/mol. The fourth-order valence-electron chi connectivity index (χ4n) is 3.90. The lowest BCUT2D eigenvalue weighted by atomic mass is 9.93. The molecule has 0 radical (unpaired) electrons. The van der Waals surface area contributed by atoms with Crippen molar-refractivity contribution >= 4 is 28.7 Å².